The Hall–Kier alpha value is -4.25. The topological polar surface area (TPSA) is 142 Å². The van der Waals surface area contributed by atoms with Crippen LogP contribution in [0.2, 0.25) is 5.02 Å². The summed E-state index contributed by atoms with van der Waals surface area (Å²) in [5.74, 6) is -6.54. The largest absolute Gasteiger partial charge is 0.508 e. The second-order valence-corrected chi connectivity index (χ2v) is 13.1. The maximum absolute atomic E-state index is 14.5. The Balaban J connectivity index is 1.41. The minimum absolute atomic E-state index is 0.0126. The number of amides is 4. The van der Waals surface area contributed by atoms with E-state index in [2.05, 4.69) is 0 Å². The first-order chi connectivity index (χ1) is 21.9. The molecule has 6 unspecified atom stereocenters. The zero-order chi connectivity index (χ0) is 33.1. The number of carbonyl (C=O) groups is 5. The number of carboxylic acids is 1. The molecule has 6 atom stereocenters. The van der Waals surface area contributed by atoms with Crippen molar-refractivity contribution in [3.63, 3.8) is 0 Å². The monoisotopic (exact) mass is 652 g/mol. The van der Waals surface area contributed by atoms with Gasteiger partial charge in [0, 0.05) is 30.5 Å². The second kappa shape index (κ2) is 11.8. The molecule has 0 bridgehead atoms. The second-order valence-electron chi connectivity index (χ2n) is 12.7. The highest BCUT2D eigenvalue weighted by atomic mass is 35.5. The molecule has 0 spiro atoms. The van der Waals surface area contributed by atoms with E-state index in [0.29, 0.717) is 30.6 Å². The maximum Gasteiger partial charge on any atom is 0.303 e. The average molecular weight is 653 g/mol. The highest BCUT2D eigenvalue weighted by Gasteiger charge is 2.67. The lowest BCUT2D eigenvalue weighted by atomic mass is 9.51. The fourth-order valence-corrected chi connectivity index (χ4v) is 8.35. The van der Waals surface area contributed by atoms with Crippen molar-refractivity contribution in [2.45, 2.75) is 51.4 Å². The van der Waals surface area contributed by atoms with E-state index in [1.54, 1.807) is 13.0 Å². The van der Waals surface area contributed by atoms with Gasteiger partial charge in [0.05, 0.1) is 41.0 Å². The molecule has 0 aromatic heterocycles. The third kappa shape index (κ3) is 4.87. The first-order valence-electron chi connectivity index (χ1n) is 15.4. The van der Waals surface area contributed by atoms with E-state index < -0.39 is 58.6 Å². The molecule has 2 aromatic carbocycles. The molecule has 0 radical (unpaired) electrons. The van der Waals surface area contributed by atoms with Crippen LogP contribution in [0.4, 0.5) is 10.1 Å². The summed E-state index contributed by atoms with van der Waals surface area (Å²) in [4.78, 5) is 69.4. The number of unbranched alkanes of at least 4 members (excludes halogenated alkanes) is 2. The van der Waals surface area contributed by atoms with Crippen molar-refractivity contribution in [3.8, 4) is 11.5 Å². The van der Waals surface area contributed by atoms with Gasteiger partial charge in [0.25, 0.3) is 0 Å². The van der Waals surface area contributed by atoms with E-state index in [4.69, 9.17) is 21.4 Å². The number of nitrogens with zero attached hydrogens (tertiary/aromatic N) is 2. The normalized spacial score (nSPS) is 28.6. The lowest BCUT2D eigenvalue weighted by Crippen LogP contribution is -2.49. The number of hydrogen-bond acceptors (Lipinski definition) is 7. The summed E-state index contributed by atoms with van der Waals surface area (Å²) in [5.41, 5.74) is 0.0831. The number of methoxy groups -OCH3 is 1. The average Bonchev–Trinajstić information content (AvgIpc) is 3.38. The first kappa shape index (κ1) is 31.7. The van der Waals surface area contributed by atoms with Gasteiger partial charge < -0.3 is 14.9 Å². The van der Waals surface area contributed by atoms with Crippen LogP contribution in [0, 0.1) is 34.9 Å². The van der Waals surface area contributed by atoms with E-state index in [9.17, 15) is 33.5 Å². The fourth-order valence-electron chi connectivity index (χ4n) is 8.18. The van der Waals surface area contributed by atoms with Crippen LogP contribution in [0.3, 0.4) is 0 Å². The summed E-state index contributed by atoms with van der Waals surface area (Å²) in [6, 6.07) is 8.20. The highest BCUT2D eigenvalue weighted by Crippen LogP contribution is 2.64. The quantitative estimate of drug-likeness (QED) is 0.217. The Morgan fingerprint density at radius 2 is 1.80 bits per heavy atom. The van der Waals surface area contributed by atoms with E-state index in [0.717, 1.165) is 16.5 Å². The van der Waals surface area contributed by atoms with Crippen LogP contribution >= 0.6 is 11.6 Å². The Bertz CT molecular complexity index is 1690. The van der Waals surface area contributed by atoms with Crippen molar-refractivity contribution in [1.82, 2.24) is 4.90 Å². The number of likely N-dealkylation sites (tertiary alicyclic amines) is 1. The van der Waals surface area contributed by atoms with Crippen LogP contribution < -0.4 is 9.64 Å². The van der Waals surface area contributed by atoms with Gasteiger partial charge in [0.15, 0.2) is 0 Å². The molecule has 2 saturated heterocycles. The molecule has 3 fully saturated rings. The minimum atomic E-state index is -1.35. The number of halogens is 2. The number of carboxylic acid groups (broad SMARTS) is 1. The summed E-state index contributed by atoms with van der Waals surface area (Å²) in [6.07, 6.45) is 3.81. The lowest BCUT2D eigenvalue weighted by Gasteiger charge is -2.49. The molecule has 10 nitrogen and oxygen atoms in total. The van der Waals surface area contributed by atoms with Crippen LogP contribution in [0.1, 0.15) is 56.9 Å². The van der Waals surface area contributed by atoms with E-state index in [-0.39, 0.29) is 54.1 Å². The SMILES string of the molecule is COc1cc(O)ccc1C1C2=CCC3C(=O)N(CCCCCC(=O)O)C(=O)C3C2CC2C(=O)N(c3ccc(F)c(Cl)c3)C(=O)C21C. The zero-order valence-corrected chi connectivity index (χ0v) is 26.1. The summed E-state index contributed by atoms with van der Waals surface area (Å²) in [6.45, 7) is 1.90. The molecule has 12 heteroatoms. The van der Waals surface area contributed by atoms with Gasteiger partial charge in [-0.05, 0) is 62.8 Å². The van der Waals surface area contributed by atoms with Crippen molar-refractivity contribution in [2.75, 3.05) is 18.6 Å². The van der Waals surface area contributed by atoms with Crippen LogP contribution in [0.15, 0.2) is 48.0 Å². The van der Waals surface area contributed by atoms with Crippen molar-refractivity contribution in [1.29, 1.82) is 0 Å². The molecule has 46 heavy (non-hydrogen) atoms. The van der Waals surface area contributed by atoms with Gasteiger partial charge in [-0.2, -0.15) is 0 Å². The number of allylic oxidation sites excluding steroid dienone is 2. The molecule has 6 rings (SSSR count). The van der Waals surface area contributed by atoms with Gasteiger partial charge in [-0.25, -0.2) is 9.29 Å². The first-order valence-corrected chi connectivity index (χ1v) is 15.7. The van der Waals surface area contributed by atoms with Gasteiger partial charge in [-0.3, -0.25) is 28.9 Å². The van der Waals surface area contributed by atoms with Gasteiger partial charge >= 0.3 is 5.97 Å². The van der Waals surface area contributed by atoms with Crippen LogP contribution in [-0.2, 0) is 24.0 Å². The third-order valence-corrected chi connectivity index (χ3v) is 10.6. The molecule has 242 valence electrons. The highest BCUT2D eigenvalue weighted by molar-refractivity contribution is 6.31. The minimum Gasteiger partial charge on any atom is -0.508 e. The number of aliphatic carboxylic acids is 1. The number of fused-ring (bicyclic) bond motifs is 4. The van der Waals surface area contributed by atoms with Crippen molar-refractivity contribution < 1.29 is 43.3 Å². The molecule has 2 N–H and O–H groups in total. The van der Waals surface area contributed by atoms with Gasteiger partial charge in [0.1, 0.15) is 17.3 Å². The molecule has 4 amide bonds. The fraction of sp³-hybridized carbons (Fsp3) is 0.441. The summed E-state index contributed by atoms with van der Waals surface area (Å²) in [7, 11) is 1.44. The molecule has 4 aliphatic rings. The summed E-state index contributed by atoms with van der Waals surface area (Å²) in [5, 5.41) is 18.9. The van der Waals surface area contributed by atoms with Gasteiger partial charge in [-0.1, -0.05) is 35.7 Å². The summed E-state index contributed by atoms with van der Waals surface area (Å²) < 4.78 is 19.7. The molecule has 2 aliphatic carbocycles. The predicted octanol–water partition coefficient (Wildman–Crippen LogP) is 5.07. The number of phenolic OH excluding ortho intramolecular Hbond substituents is 1. The Kier molecular flexibility index (Phi) is 8.16. The molecule has 1 saturated carbocycles. The number of imide groups is 2. The molecule has 2 heterocycles. The number of rotatable bonds is 9. The number of hydrogen-bond donors (Lipinski definition) is 2. The third-order valence-electron chi connectivity index (χ3n) is 10.3. The van der Waals surface area contributed by atoms with Gasteiger partial charge in [0.2, 0.25) is 23.6 Å². The number of benzene rings is 2. The van der Waals surface area contributed by atoms with Crippen LogP contribution in [-0.4, -0.2) is 58.4 Å². The van der Waals surface area contributed by atoms with E-state index in [1.807, 2.05) is 6.08 Å². The Morgan fingerprint density at radius 3 is 2.50 bits per heavy atom. The van der Waals surface area contributed by atoms with E-state index >= 15 is 0 Å². The standard InChI is InChI=1S/C34H34ClFN2O8/c1-34-23(31(43)38(33(34)45)17-7-12-25(36)24(35)14-17)16-22-19(29(34)20-9-8-18(39)15-26(20)46-2)10-11-21-28(22)32(44)37(30(21)42)13-5-3-4-6-27(40)41/h7-10,12,14-15,21-23,28-29,39H,3-6,11,13,16H2,1-2H3,(H,40,41). The van der Waals surface area contributed by atoms with Crippen LogP contribution in [0.5, 0.6) is 11.5 Å². The molecule has 2 aromatic rings. The number of ether oxygens (including phenoxy) is 1. The Morgan fingerprint density at radius 1 is 1.04 bits per heavy atom. The number of anilines is 1. The summed E-state index contributed by atoms with van der Waals surface area (Å²) >= 11 is 6.05. The smallest absolute Gasteiger partial charge is 0.303 e. The lowest BCUT2D eigenvalue weighted by molar-refractivity contribution is -0.141. The number of carbonyl (C=O) groups excluding carboxylic acids is 4. The Labute approximate surface area is 269 Å². The van der Waals surface area contributed by atoms with Crippen molar-refractivity contribution in [3.05, 3.63) is 64.5 Å². The van der Waals surface area contributed by atoms with Crippen LogP contribution in [0.25, 0.3) is 0 Å². The molecular formula is C34H34ClFN2O8. The molecule has 2 aliphatic heterocycles. The van der Waals surface area contributed by atoms with Gasteiger partial charge in [-0.15, -0.1) is 0 Å². The predicted molar refractivity (Wildman–Crippen MR) is 164 cm³/mol. The number of phenols is 1. The zero-order valence-electron chi connectivity index (χ0n) is 25.4. The van der Waals surface area contributed by atoms with E-state index in [1.165, 1.54) is 36.3 Å². The molecular weight excluding hydrogens is 619 g/mol. The number of aromatic hydroxyl groups is 1. The van der Waals surface area contributed by atoms with Crippen molar-refractivity contribution in [2.24, 2.45) is 29.1 Å². The van der Waals surface area contributed by atoms with Crippen molar-refractivity contribution >= 4 is 46.9 Å². The maximum atomic E-state index is 14.5.